The Morgan fingerprint density at radius 2 is 2.22 bits per heavy atom. The van der Waals surface area contributed by atoms with Crippen molar-refractivity contribution in [3.05, 3.63) is 29.8 Å². The van der Waals surface area contributed by atoms with E-state index in [2.05, 4.69) is 0 Å². The van der Waals surface area contributed by atoms with E-state index in [0.29, 0.717) is 19.8 Å². The van der Waals surface area contributed by atoms with E-state index >= 15 is 0 Å². The molecule has 1 heterocycles. The van der Waals surface area contributed by atoms with Crippen LogP contribution in [0.4, 0.5) is 0 Å². The molecule has 1 saturated heterocycles. The number of rotatable bonds is 5. The molecule has 1 aromatic rings. The average molecular weight is 252 g/mol. The highest BCUT2D eigenvalue weighted by molar-refractivity contribution is 5.28. The van der Waals surface area contributed by atoms with Crippen LogP contribution in [0.25, 0.3) is 0 Å². The van der Waals surface area contributed by atoms with E-state index in [4.69, 9.17) is 18.9 Å². The van der Waals surface area contributed by atoms with Crippen LogP contribution in [0.15, 0.2) is 24.3 Å². The van der Waals surface area contributed by atoms with Gasteiger partial charge in [0.25, 0.3) is 0 Å². The number of ether oxygens (including phenoxy) is 4. The SMILES string of the molecule is COCc1cccc(OC[C@@H]2COC(C)(C)O2)c1. The highest BCUT2D eigenvalue weighted by atomic mass is 16.7. The zero-order valence-electron chi connectivity index (χ0n) is 11.1. The number of benzene rings is 1. The molecule has 0 bridgehead atoms. The van der Waals surface area contributed by atoms with Crippen molar-refractivity contribution in [3.8, 4) is 5.75 Å². The van der Waals surface area contributed by atoms with E-state index in [9.17, 15) is 0 Å². The van der Waals surface area contributed by atoms with Crippen LogP contribution < -0.4 is 4.74 Å². The molecule has 0 aromatic heterocycles. The van der Waals surface area contributed by atoms with Crippen molar-refractivity contribution in [3.63, 3.8) is 0 Å². The van der Waals surface area contributed by atoms with E-state index in [1.807, 2.05) is 38.1 Å². The molecular formula is C14H20O4. The van der Waals surface area contributed by atoms with Crippen LogP contribution in [-0.2, 0) is 20.8 Å². The molecule has 1 atom stereocenters. The molecule has 1 aliphatic heterocycles. The van der Waals surface area contributed by atoms with Crippen LogP contribution in [0.5, 0.6) is 5.75 Å². The third-order valence-corrected chi connectivity index (χ3v) is 2.71. The monoisotopic (exact) mass is 252 g/mol. The van der Waals surface area contributed by atoms with Gasteiger partial charge in [-0.15, -0.1) is 0 Å². The third kappa shape index (κ3) is 3.70. The minimum atomic E-state index is -0.494. The maximum atomic E-state index is 5.71. The van der Waals surface area contributed by atoms with Gasteiger partial charge >= 0.3 is 0 Å². The largest absolute Gasteiger partial charge is 0.491 e. The summed E-state index contributed by atoms with van der Waals surface area (Å²) in [6.07, 6.45) is -0.00826. The lowest BCUT2D eigenvalue weighted by atomic mass is 10.2. The van der Waals surface area contributed by atoms with E-state index in [0.717, 1.165) is 11.3 Å². The molecule has 0 N–H and O–H groups in total. The van der Waals surface area contributed by atoms with Gasteiger partial charge < -0.3 is 18.9 Å². The van der Waals surface area contributed by atoms with Crippen molar-refractivity contribution in [1.29, 1.82) is 0 Å². The van der Waals surface area contributed by atoms with Gasteiger partial charge in [-0.1, -0.05) is 12.1 Å². The summed E-state index contributed by atoms with van der Waals surface area (Å²) in [6, 6.07) is 7.87. The molecule has 0 radical (unpaired) electrons. The van der Waals surface area contributed by atoms with Gasteiger partial charge in [0.15, 0.2) is 5.79 Å². The highest BCUT2D eigenvalue weighted by Crippen LogP contribution is 2.23. The first-order valence-electron chi connectivity index (χ1n) is 6.11. The van der Waals surface area contributed by atoms with Gasteiger partial charge in [0.1, 0.15) is 18.5 Å². The zero-order chi connectivity index (χ0) is 13.0. The summed E-state index contributed by atoms with van der Waals surface area (Å²) in [7, 11) is 1.68. The number of hydrogen-bond donors (Lipinski definition) is 0. The number of hydrogen-bond acceptors (Lipinski definition) is 4. The van der Waals surface area contributed by atoms with Crippen LogP contribution >= 0.6 is 0 Å². The van der Waals surface area contributed by atoms with Crippen molar-refractivity contribution in [2.75, 3.05) is 20.3 Å². The highest BCUT2D eigenvalue weighted by Gasteiger charge is 2.32. The third-order valence-electron chi connectivity index (χ3n) is 2.71. The van der Waals surface area contributed by atoms with Gasteiger partial charge in [-0.2, -0.15) is 0 Å². The topological polar surface area (TPSA) is 36.9 Å². The second-order valence-corrected chi connectivity index (χ2v) is 4.84. The molecule has 0 spiro atoms. The predicted molar refractivity (Wildman–Crippen MR) is 67.6 cm³/mol. The van der Waals surface area contributed by atoms with Crippen molar-refractivity contribution >= 4 is 0 Å². The normalized spacial score (nSPS) is 22.1. The molecule has 0 amide bonds. The summed E-state index contributed by atoms with van der Waals surface area (Å²) in [4.78, 5) is 0. The van der Waals surface area contributed by atoms with E-state index in [1.54, 1.807) is 7.11 Å². The Labute approximate surface area is 108 Å². The molecule has 100 valence electrons. The summed E-state index contributed by atoms with van der Waals surface area (Å²) in [5.74, 6) is 0.337. The molecular weight excluding hydrogens is 232 g/mol. The van der Waals surface area contributed by atoms with Gasteiger partial charge in [-0.05, 0) is 31.5 Å². The molecule has 0 unspecified atom stereocenters. The summed E-state index contributed by atoms with van der Waals surface area (Å²) >= 11 is 0. The van der Waals surface area contributed by atoms with Gasteiger partial charge in [0.05, 0.1) is 13.2 Å². The molecule has 2 rings (SSSR count). The molecule has 0 saturated carbocycles. The van der Waals surface area contributed by atoms with Crippen LogP contribution in [0, 0.1) is 0 Å². The minimum absolute atomic E-state index is 0.00826. The fourth-order valence-corrected chi connectivity index (χ4v) is 1.93. The van der Waals surface area contributed by atoms with E-state index in [1.165, 1.54) is 0 Å². The lowest BCUT2D eigenvalue weighted by molar-refractivity contribution is -0.141. The van der Waals surface area contributed by atoms with E-state index < -0.39 is 5.79 Å². The first-order chi connectivity index (χ1) is 8.59. The molecule has 1 aromatic carbocycles. The van der Waals surface area contributed by atoms with Crippen LogP contribution in [0.2, 0.25) is 0 Å². The Bertz CT molecular complexity index is 389. The van der Waals surface area contributed by atoms with Crippen molar-refractivity contribution in [2.45, 2.75) is 32.3 Å². The van der Waals surface area contributed by atoms with E-state index in [-0.39, 0.29) is 6.10 Å². The standard InChI is InChI=1S/C14H20O4/c1-14(2)17-10-13(18-14)9-16-12-6-4-5-11(7-12)8-15-3/h4-7,13H,8-10H2,1-3H3/t13-/m1/s1. The molecule has 4 nitrogen and oxygen atoms in total. The maximum absolute atomic E-state index is 5.71. The zero-order valence-corrected chi connectivity index (χ0v) is 11.1. The lowest BCUT2D eigenvalue weighted by Gasteiger charge is -2.17. The average Bonchev–Trinajstić information content (AvgIpc) is 2.68. The number of methoxy groups -OCH3 is 1. The molecule has 18 heavy (non-hydrogen) atoms. The quantitative estimate of drug-likeness (QED) is 0.806. The Kier molecular flexibility index (Phi) is 4.22. The van der Waals surface area contributed by atoms with Gasteiger partial charge in [0, 0.05) is 7.11 Å². The molecule has 0 aliphatic carbocycles. The molecule has 1 aliphatic rings. The summed E-state index contributed by atoms with van der Waals surface area (Å²) < 4.78 is 22.0. The second-order valence-electron chi connectivity index (χ2n) is 4.84. The predicted octanol–water partition coefficient (Wildman–Crippen LogP) is 2.36. The summed E-state index contributed by atoms with van der Waals surface area (Å²) in [5, 5.41) is 0. The molecule has 4 heteroatoms. The second kappa shape index (κ2) is 5.69. The van der Waals surface area contributed by atoms with Crippen molar-refractivity contribution in [1.82, 2.24) is 0 Å². The fourth-order valence-electron chi connectivity index (χ4n) is 1.93. The first-order valence-corrected chi connectivity index (χ1v) is 6.11. The van der Waals surface area contributed by atoms with Crippen molar-refractivity contribution < 1.29 is 18.9 Å². The van der Waals surface area contributed by atoms with Crippen molar-refractivity contribution in [2.24, 2.45) is 0 Å². The van der Waals surface area contributed by atoms with Crippen LogP contribution in [0.1, 0.15) is 19.4 Å². The summed E-state index contributed by atoms with van der Waals surface area (Å²) in [6.45, 7) is 5.48. The minimum Gasteiger partial charge on any atom is -0.491 e. The van der Waals surface area contributed by atoms with Crippen LogP contribution in [-0.4, -0.2) is 32.2 Å². The fraction of sp³-hybridized carbons (Fsp3) is 0.571. The lowest BCUT2D eigenvalue weighted by Crippen LogP contribution is -2.25. The smallest absolute Gasteiger partial charge is 0.163 e. The summed E-state index contributed by atoms with van der Waals surface area (Å²) in [5.41, 5.74) is 1.10. The Morgan fingerprint density at radius 3 is 2.89 bits per heavy atom. The van der Waals surface area contributed by atoms with Gasteiger partial charge in [-0.25, -0.2) is 0 Å². The maximum Gasteiger partial charge on any atom is 0.163 e. The first kappa shape index (κ1) is 13.3. The van der Waals surface area contributed by atoms with Gasteiger partial charge in [0.2, 0.25) is 0 Å². The Balaban J connectivity index is 1.85. The molecule has 1 fully saturated rings. The van der Waals surface area contributed by atoms with Gasteiger partial charge in [-0.3, -0.25) is 0 Å². The Hall–Kier alpha value is -1.10. The Morgan fingerprint density at radius 1 is 1.39 bits per heavy atom. The van der Waals surface area contributed by atoms with Crippen LogP contribution in [0.3, 0.4) is 0 Å².